The maximum atomic E-state index is 13.4. The minimum Gasteiger partial charge on any atom is -0.480 e. The number of guanidine groups is 1. The average Bonchev–Trinajstić information content (AvgIpc) is 2.87. The molecule has 0 spiro atoms. The summed E-state index contributed by atoms with van der Waals surface area (Å²) in [5.41, 5.74) is 17.5. The standard InChI is InChI=1S/C26H43N7O5/c1-5-16(4)21(25(37)38)33-23(35)19(14-17-10-7-6-8-11-17)32-22(34)18(12-9-13-30-26(28)29)31-24(36)20(27)15(2)3/h6-8,10-11,15-16,18-21H,5,9,12-14,27H2,1-4H3,(H,31,36)(H,32,34)(H,33,35)(H,37,38)(H4,28,29,30). The Labute approximate surface area is 224 Å². The van der Waals surface area contributed by atoms with Gasteiger partial charge in [0, 0.05) is 13.0 Å². The monoisotopic (exact) mass is 533 g/mol. The molecule has 0 fully saturated rings. The molecule has 0 heterocycles. The zero-order valence-electron chi connectivity index (χ0n) is 22.6. The van der Waals surface area contributed by atoms with Gasteiger partial charge in [0.25, 0.3) is 0 Å². The Morgan fingerprint density at radius 2 is 1.50 bits per heavy atom. The molecule has 10 N–H and O–H groups in total. The number of aliphatic carboxylic acids is 1. The Morgan fingerprint density at radius 3 is 2.03 bits per heavy atom. The third-order valence-corrected chi connectivity index (χ3v) is 6.29. The molecule has 0 bridgehead atoms. The molecule has 1 aromatic carbocycles. The number of carbonyl (C=O) groups excluding carboxylic acids is 3. The summed E-state index contributed by atoms with van der Waals surface area (Å²) in [6, 6.07) is 4.94. The second-order valence-electron chi connectivity index (χ2n) is 9.74. The number of hydrogen-bond acceptors (Lipinski definition) is 6. The van der Waals surface area contributed by atoms with E-state index in [1.54, 1.807) is 45.0 Å². The molecule has 0 aromatic heterocycles. The van der Waals surface area contributed by atoms with Gasteiger partial charge in [0.05, 0.1) is 6.04 Å². The van der Waals surface area contributed by atoms with Crippen molar-refractivity contribution in [3.63, 3.8) is 0 Å². The first-order chi connectivity index (χ1) is 17.9. The molecule has 212 valence electrons. The lowest BCUT2D eigenvalue weighted by molar-refractivity contribution is -0.143. The van der Waals surface area contributed by atoms with E-state index in [-0.39, 0.29) is 37.2 Å². The summed E-state index contributed by atoms with van der Waals surface area (Å²) in [4.78, 5) is 55.0. The first-order valence-electron chi connectivity index (χ1n) is 12.9. The lowest BCUT2D eigenvalue weighted by atomic mass is 9.98. The van der Waals surface area contributed by atoms with Gasteiger partial charge in [-0.05, 0) is 30.2 Å². The van der Waals surface area contributed by atoms with Crippen molar-refractivity contribution in [1.29, 1.82) is 0 Å². The van der Waals surface area contributed by atoms with Crippen LogP contribution in [-0.2, 0) is 25.6 Å². The second-order valence-corrected chi connectivity index (χ2v) is 9.74. The summed E-state index contributed by atoms with van der Waals surface area (Å²) in [5, 5.41) is 17.6. The van der Waals surface area contributed by atoms with E-state index in [2.05, 4.69) is 20.9 Å². The lowest BCUT2D eigenvalue weighted by Crippen LogP contribution is -2.58. The van der Waals surface area contributed by atoms with Crippen LogP contribution in [0.15, 0.2) is 35.3 Å². The number of rotatable bonds is 16. The van der Waals surface area contributed by atoms with Crippen LogP contribution in [0.2, 0.25) is 0 Å². The fourth-order valence-corrected chi connectivity index (χ4v) is 3.61. The van der Waals surface area contributed by atoms with Crippen molar-refractivity contribution in [2.24, 2.45) is 34.0 Å². The highest BCUT2D eigenvalue weighted by atomic mass is 16.4. The van der Waals surface area contributed by atoms with Crippen LogP contribution in [0.4, 0.5) is 0 Å². The van der Waals surface area contributed by atoms with Crippen LogP contribution in [0.5, 0.6) is 0 Å². The van der Waals surface area contributed by atoms with Gasteiger partial charge in [0.1, 0.15) is 18.1 Å². The number of carboxylic acid groups (broad SMARTS) is 1. The van der Waals surface area contributed by atoms with Crippen molar-refractivity contribution in [1.82, 2.24) is 16.0 Å². The Balaban J connectivity index is 3.18. The number of aliphatic imine (C=N–C) groups is 1. The predicted molar refractivity (Wildman–Crippen MR) is 146 cm³/mol. The summed E-state index contributed by atoms with van der Waals surface area (Å²) in [6.45, 7) is 7.36. The number of carboxylic acids is 1. The zero-order chi connectivity index (χ0) is 28.8. The number of carbonyl (C=O) groups is 4. The number of nitrogens with one attached hydrogen (secondary N) is 3. The summed E-state index contributed by atoms with van der Waals surface area (Å²) < 4.78 is 0. The van der Waals surface area contributed by atoms with Gasteiger partial charge in [-0.2, -0.15) is 0 Å². The minimum atomic E-state index is -1.16. The largest absolute Gasteiger partial charge is 0.480 e. The average molecular weight is 534 g/mol. The van der Waals surface area contributed by atoms with Crippen molar-refractivity contribution in [2.45, 2.75) is 77.5 Å². The van der Waals surface area contributed by atoms with E-state index >= 15 is 0 Å². The number of hydrogen-bond donors (Lipinski definition) is 7. The van der Waals surface area contributed by atoms with Crippen molar-refractivity contribution in [2.75, 3.05) is 6.54 Å². The van der Waals surface area contributed by atoms with Crippen molar-refractivity contribution in [3.8, 4) is 0 Å². The van der Waals surface area contributed by atoms with Crippen molar-refractivity contribution < 1.29 is 24.3 Å². The van der Waals surface area contributed by atoms with Gasteiger partial charge < -0.3 is 38.3 Å². The number of benzene rings is 1. The zero-order valence-corrected chi connectivity index (χ0v) is 22.6. The van der Waals surface area contributed by atoms with Crippen LogP contribution in [0, 0.1) is 11.8 Å². The molecule has 0 aliphatic carbocycles. The number of nitrogens with zero attached hydrogens (tertiary/aromatic N) is 1. The Kier molecular flexibility index (Phi) is 13.8. The smallest absolute Gasteiger partial charge is 0.326 e. The van der Waals surface area contributed by atoms with Crippen LogP contribution < -0.4 is 33.2 Å². The summed E-state index contributed by atoms with van der Waals surface area (Å²) in [6.07, 6.45) is 1.21. The molecule has 1 aromatic rings. The molecule has 0 saturated carbocycles. The Hall–Kier alpha value is -3.67. The molecule has 0 saturated heterocycles. The van der Waals surface area contributed by atoms with Gasteiger partial charge in [0.2, 0.25) is 17.7 Å². The minimum absolute atomic E-state index is 0.0919. The number of amides is 3. The van der Waals surface area contributed by atoms with E-state index in [0.29, 0.717) is 12.8 Å². The van der Waals surface area contributed by atoms with Gasteiger partial charge in [-0.3, -0.25) is 19.4 Å². The topological polar surface area (TPSA) is 215 Å². The maximum Gasteiger partial charge on any atom is 0.326 e. The third-order valence-electron chi connectivity index (χ3n) is 6.29. The van der Waals surface area contributed by atoms with E-state index in [1.165, 1.54) is 0 Å². The van der Waals surface area contributed by atoms with Crippen LogP contribution in [0.25, 0.3) is 0 Å². The SMILES string of the molecule is CCC(C)C(NC(=O)C(Cc1ccccc1)NC(=O)C(CCCN=C(N)N)NC(=O)C(N)C(C)C)C(=O)O. The van der Waals surface area contributed by atoms with Crippen LogP contribution in [-0.4, -0.2) is 65.5 Å². The van der Waals surface area contributed by atoms with Gasteiger partial charge >= 0.3 is 5.97 Å². The van der Waals surface area contributed by atoms with Crippen LogP contribution >= 0.6 is 0 Å². The first-order valence-corrected chi connectivity index (χ1v) is 12.9. The van der Waals surface area contributed by atoms with E-state index in [4.69, 9.17) is 17.2 Å². The lowest BCUT2D eigenvalue weighted by Gasteiger charge is -2.27. The molecular formula is C26H43N7O5. The first kappa shape index (κ1) is 32.4. The molecule has 38 heavy (non-hydrogen) atoms. The molecule has 12 heteroatoms. The molecule has 1 rings (SSSR count). The molecule has 0 aliphatic heterocycles. The highest BCUT2D eigenvalue weighted by Crippen LogP contribution is 2.11. The molecule has 5 atom stereocenters. The van der Waals surface area contributed by atoms with E-state index in [0.717, 1.165) is 5.56 Å². The maximum absolute atomic E-state index is 13.4. The van der Waals surface area contributed by atoms with E-state index in [9.17, 15) is 24.3 Å². The van der Waals surface area contributed by atoms with Crippen LogP contribution in [0.1, 0.15) is 52.5 Å². The molecular weight excluding hydrogens is 490 g/mol. The summed E-state index contributed by atoms with van der Waals surface area (Å²) in [5.74, 6) is -3.50. The van der Waals surface area contributed by atoms with Gasteiger partial charge in [0.15, 0.2) is 5.96 Å². The molecule has 3 amide bonds. The van der Waals surface area contributed by atoms with Gasteiger partial charge in [-0.25, -0.2) is 4.79 Å². The molecule has 12 nitrogen and oxygen atoms in total. The molecule has 0 aliphatic rings. The summed E-state index contributed by atoms with van der Waals surface area (Å²) in [7, 11) is 0. The molecule has 5 unspecified atom stereocenters. The van der Waals surface area contributed by atoms with Crippen molar-refractivity contribution in [3.05, 3.63) is 35.9 Å². The fourth-order valence-electron chi connectivity index (χ4n) is 3.61. The predicted octanol–water partition coefficient (Wildman–Crippen LogP) is -0.149. The second kappa shape index (κ2) is 16.2. The van der Waals surface area contributed by atoms with Gasteiger partial charge in [-0.15, -0.1) is 0 Å². The Morgan fingerprint density at radius 1 is 0.921 bits per heavy atom. The quantitative estimate of drug-likeness (QED) is 0.0859. The third kappa shape index (κ3) is 11.2. The number of nitrogens with two attached hydrogens (primary N) is 3. The van der Waals surface area contributed by atoms with Crippen molar-refractivity contribution >= 4 is 29.7 Å². The van der Waals surface area contributed by atoms with Gasteiger partial charge in [-0.1, -0.05) is 64.4 Å². The highest BCUT2D eigenvalue weighted by Gasteiger charge is 2.32. The Bertz CT molecular complexity index is 951. The normalized spacial score (nSPS) is 14.9. The van der Waals surface area contributed by atoms with E-state index < -0.39 is 47.9 Å². The fraction of sp³-hybridized carbons (Fsp3) is 0.577. The van der Waals surface area contributed by atoms with E-state index in [1.807, 2.05) is 13.0 Å². The summed E-state index contributed by atoms with van der Waals surface area (Å²) >= 11 is 0. The highest BCUT2D eigenvalue weighted by molar-refractivity contribution is 5.94. The molecule has 0 radical (unpaired) electrons. The van der Waals surface area contributed by atoms with Crippen LogP contribution in [0.3, 0.4) is 0 Å².